The zero-order chi connectivity index (χ0) is 35.6. The topological polar surface area (TPSA) is 206 Å². The van der Waals surface area contributed by atoms with E-state index in [4.69, 9.17) is 10.2 Å². The number of carbonyl (C=O) groups is 4. The number of thiazole rings is 2. The van der Waals surface area contributed by atoms with Crippen LogP contribution in [0.1, 0.15) is 49.8 Å². The second-order valence-electron chi connectivity index (χ2n) is 10.9. The largest absolute Gasteiger partial charge is 0.481 e. The number of aromatic nitrogens is 2. The van der Waals surface area contributed by atoms with E-state index in [0.717, 1.165) is 22.7 Å². The van der Waals surface area contributed by atoms with Gasteiger partial charge in [0.2, 0.25) is 11.8 Å². The average Bonchev–Trinajstić information content (AvgIpc) is 3.63. The number of nitrogens with zero attached hydrogens (tertiary/aromatic N) is 4. The number of halogens is 2. The van der Waals surface area contributed by atoms with Crippen molar-refractivity contribution in [1.29, 1.82) is 10.5 Å². The predicted molar refractivity (Wildman–Crippen MR) is 174 cm³/mol. The number of nitriles is 2. The van der Waals surface area contributed by atoms with Gasteiger partial charge in [-0.3, -0.25) is 19.2 Å². The van der Waals surface area contributed by atoms with Crippen molar-refractivity contribution in [2.24, 2.45) is 11.3 Å². The molecule has 0 aliphatic carbocycles. The number of nitrogens with one attached hydrogen (secondary N) is 2. The lowest BCUT2D eigenvalue weighted by atomic mass is 9.88. The van der Waals surface area contributed by atoms with Crippen LogP contribution in [-0.4, -0.2) is 43.9 Å². The molecule has 0 aliphatic rings. The highest BCUT2D eigenvalue weighted by Crippen LogP contribution is 2.33. The maximum atomic E-state index is 13.4. The highest BCUT2D eigenvalue weighted by Gasteiger charge is 2.31. The predicted octanol–water partition coefficient (Wildman–Crippen LogP) is 6.52. The molecule has 4 N–H and O–H groups in total. The van der Waals surface area contributed by atoms with E-state index in [2.05, 4.69) is 20.6 Å². The quantitative estimate of drug-likeness (QED) is 0.134. The molecule has 248 valence electrons. The van der Waals surface area contributed by atoms with Gasteiger partial charge in [0.15, 0.2) is 10.3 Å². The molecule has 0 spiro atoms. The van der Waals surface area contributed by atoms with E-state index < -0.39 is 40.8 Å². The Balaban J connectivity index is 0.000000260. The number of hydrogen-bond acceptors (Lipinski definition) is 10. The Bertz CT molecular complexity index is 1930. The van der Waals surface area contributed by atoms with E-state index in [1.54, 1.807) is 19.1 Å². The highest BCUT2D eigenvalue weighted by molar-refractivity contribution is 7.17. The molecule has 0 bridgehead atoms. The van der Waals surface area contributed by atoms with Gasteiger partial charge < -0.3 is 20.8 Å². The molecule has 0 saturated carbocycles. The van der Waals surface area contributed by atoms with Gasteiger partial charge in [0.05, 0.1) is 11.8 Å². The number of hydrogen-bond donors (Lipinski definition) is 4. The van der Waals surface area contributed by atoms with Gasteiger partial charge in [0.1, 0.15) is 44.9 Å². The van der Waals surface area contributed by atoms with E-state index in [1.807, 2.05) is 12.1 Å². The smallest absolute Gasteiger partial charge is 0.304 e. The summed E-state index contributed by atoms with van der Waals surface area (Å²) in [5.41, 5.74) is 0.308. The van der Waals surface area contributed by atoms with Crippen LogP contribution >= 0.6 is 22.7 Å². The average molecular weight is 695 g/mol. The fourth-order valence-electron chi connectivity index (χ4n) is 3.99. The van der Waals surface area contributed by atoms with Gasteiger partial charge >= 0.3 is 11.9 Å². The lowest BCUT2D eigenvalue weighted by Crippen LogP contribution is -2.32. The maximum Gasteiger partial charge on any atom is 0.304 e. The first-order chi connectivity index (χ1) is 22.6. The molecule has 12 nitrogen and oxygen atoms in total. The first kappa shape index (κ1) is 36.9. The first-order valence-electron chi connectivity index (χ1n) is 14.0. The molecule has 2 aromatic heterocycles. The minimum Gasteiger partial charge on any atom is -0.481 e. The summed E-state index contributed by atoms with van der Waals surface area (Å²) in [7, 11) is 0. The van der Waals surface area contributed by atoms with Gasteiger partial charge in [0, 0.05) is 23.5 Å². The summed E-state index contributed by atoms with van der Waals surface area (Å²) in [6.45, 7) is 4.62. The van der Waals surface area contributed by atoms with Crippen molar-refractivity contribution in [3.05, 3.63) is 69.9 Å². The summed E-state index contributed by atoms with van der Waals surface area (Å²) in [6.07, 6.45) is -0.245. The Kier molecular flexibility index (Phi) is 12.5. The van der Waals surface area contributed by atoms with E-state index in [9.17, 15) is 38.5 Å². The standard InChI is InChI=1S/2C16H14FN3O3S/c1-16(2,7-12(21)22)14(23)20-15-19-13(11(8-18)24-15)9-4-3-5-10(17)6-9;1-9(5-6-13(21)22)15(23)20-16-19-14(12(8-18)24-16)10-3-2-4-11(17)7-10/h3-6H,7H2,1-2H3,(H,21,22)(H,19,20,23);2-4,7,9H,5-6H2,1H3,(H,21,22)(H,19,20,23)/t;9-/m.0/s1. The highest BCUT2D eigenvalue weighted by atomic mass is 32.1. The Hall–Kier alpha value is -5.58. The van der Waals surface area contributed by atoms with Crippen molar-refractivity contribution >= 4 is 56.7 Å². The summed E-state index contributed by atoms with van der Waals surface area (Å²) >= 11 is 1.94. The molecular weight excluding hydrogens is 667 g/mol. The van der Waals surface area contributed by atoms with Crippen LogP contribution in [0.25, 0.3) is 22.5 Å². The van der Waals surface area contributed by atoms with Gasteiger partial charge in [-0.1, -0.05) is 67.7 Å². The van der Waals surface area contributed by atoms with Crippen molar-refractivity contribution in [2.45, 2.75) is 40.0 Å². The number of aliphatic carboxylic acids is 2. The fourth-order valence-corrected chi connectivity index (χ4v) is 5.55. The van der Waals surface area contributed by atoms with E-state index >= 15 is 0 Å². The minimum absolute atomic E-state index is 0.107. The maximum absolute atomic E-state index is 13.4. The Morgan fingerprint density at radius 3 is 1.75 bits per heavy atom. The number of rotatable bonds is 11. The molecule has 2 aromatic carbocycles. The number of carbonyl (C=O) groups excluding carboxylic acids is 2. The van der Waals surface area contributed by atoms with Crippen molar-refractivity contribution < 1.29 is 38.2 Å². The zero-order valence-corrected chi connectivity index (χ0v) is 27.3. The third kappa shape index (κ3) is 10.2. The minimum atomic E-state index is -1.14. The number of benzene rings is 2. The molecular formula is C32H28F2N6O6S2. The van der Waals surface area contributed by atoms with Crippen LogP contribution in [0.5, 0.6) is 0 Å². The Morgan fingerprint density at radius 2 is 1.33 bits per heavy atom. The molecule has 0 saturated heterocycles. The molecule has 4 rings (SSSR count). The molecule has 0 unspecified atom stereocenters. The van der Waals surface area contributed by atoms with Crippen LogP contribution in [-0.2, 0) is 19.2 Å². The van der Waals surface area contributed by atoms with Gasteiger partial charge in [-0.05, 0) is 30.7 Å². The second kappa shape index (κ2) is 16.3. The molecule has 0 radical (unpaired) electrons. The molecule has 48 heavy (non-hydrogen) atoms. The summed E-state index contributed by atoms with van der Waals surface area (Å²) in [6, 6.07) is 15.3. The zero-order valence-electron chi connectivity index (χ0n) is 25.7. The molecule has 0 aliphatic heterocycles. The van der Waals surface area contributed by atoms with E-state index in [-0.39, 0.29) is 50.9 Å². The van der Waals surface area contributed by atoms with Crippen LogP contribution in [0, 0.1) is 45.6 Å². The van der Waals surface area contributed by atoms with Crippen LogP contribution in [0.4, 0.5) is 19.0 Å². The number of carboxylic acids is 2. The van der Waals surface area contributed by atoms with Crippen molar-refractivity contribution in [3.8, 4) is 34.7 Å². The SMILES string of the molecule is CC(C)(CC(=O)O)C(=O)Nc1nc(-c2cccc(F)c2)c(C#N)s1.C[C@@H](CCC(=O)O)C(=O)Nc1nc(-c2cccc(F)c2)c(C#N)s1. The number of anilines is 2. The van der Waals surface area contributed by atoms with Gasteiger partial charge in [-0.25, -0.2) is 18.7 Å². The van der Waals surface area contributed by atoms with Crippen LogP contribution in [0.2, 0.25) is 0 Å². The van der Waals surface area contributed by atoms with Crippen molar-refractivity contribution in [1.82, 2.24) is 9.97 Å². The van der Waals surface area contributed by atoms with Gasteiger partial charge in [-0.15, -0.1) is 0 Å². The molecule has 2 amide bonds. The Morgan fingerprint density at radius 1 is 0.854 bits per heavy atom. The summed E-state index contributed by atoms with van der Waals surface area (Å²) in [5.74, 6) is -4.37. The van der Waals surface area contributed by atoms with Crippen LogP contribution < -0.4 is 10.6 Å². The molecule has 16 heteroatoms. The van der Waals surface area contributed by atoms with Crippen molar-refractivity contribution in [3.63, 3.8) is 0 Å². The number of carboxylic acid groups (broad SMARTS) is 2. The lowest BCUT2D eigenvalue weighted by Gasteiger charge is -2.20. The van der Waals surface area contributed by atoms with E-state index in [1.165, 1.54) is 50.2 Å². The van der Waals surface area contributed by atoms with Gasteiger partial charge in [-0.2, -0.15) is 10.5 Å². The lowest BCUT2D eigenvalue weighted by molar-refractivity contribution is -0.142. The molecule has 4 aromatic rings. The molecule has 0 fully saturated rings. The number of amides is 2. The van der Waals surface area contributed by atoms with Crippen LogP contribution in [0.3, 0.4) is 0 Å². The monoisotopic (exact) mass is 694 g/mol. The van der Waals surface area contributed by atoms with E-state index in [0.29, 0.717) is 16.8 Å². The van der Waals surface area contributed by atoms with Crippen molar-refractivity contribution in [2.75, 3.05) is 10.6 Å². The molecule has 2 heterocycles. The third-order valence-electron chi connectivity index (χ3n) is 6.55. The summed E-state index contributed by atoms with van der Waals surface area (Å²) < 4.78 is 26.7. The third-order valence-corrected chi connectivity index (χ3v) is 8.30. The van der Waals surface area contributed by atoms with Gasteiger partial charge in [0.25, 0.3) is 0 Å². The van der Waals surface area contributed by atoms with Crippen LogP contribution in [0.15, 0.2) is 48.5 Å². The summed E-state index contributed by atoms with van der Waals surface area (Å²) in [4.78, 5) is 54.5. The summed E-state index contributed by atoms with van der Waals surface area (Å²) in [5, 5.41) is 41.4. The fraction of sp³-hybridized carbons (Fsp3) is 0.250. The second-order valence-corrected chi connectivity index (χ2v) is 12.9. The first-order valence-corrected chi connectivity index (χ1v) is 15.7. The Labute approximate surface area is 281 Å². The molecule has 1 atom stereocenters. The normalized spacial score (nSPS) is 11.2.